The van der Waals surface area contributed by atoms with Gasteiger partial charge in [0.15, 0.2) is 0 Å². The smallest absolute Gasteiger partial charge is 0.116 e. The van der Waals surface area contributed by atoms with Gasteiger partial charge in [-0.25, -0.2) is 0 Å². The van der Waals surface area contributed by atoms with Crippen molar-refractivity contribution in [1.82, 2.24) is 20.0 Å². The summed E-state index contributed by atoms with van der Waals surface area (Å²) < 4.78 is 0. The van der Waals surface area contributed by atoms with E-state index < -0.39 is 0 Å². The zero-order valence-electron chi connectivity index (χ0n) is 21.5. The highest BCUT2D eigenvalue weighted by Crippen LogP contribution is 2.15. The Morgan fingerprint density at radius 1 is 0.833 bits per heavy atom. The molecule has 3 N–H and O–H groups in total. The van der Waals surface area contributed by atoms with Crippen molar-refractivity contribution < 1.29 is 0 Å². The number of benzene rings is 2. The summed E-state index contributed by atoms with van der Waals surface area (Å²) in [5, 5.41) is 12.6. The lowest BCUT2D eigenvalue weighted by Gasteiger charge is -2.25. The maximum absolute atomic E-state index is 9.20. The second-order valence-corrected chi connectivity index (χ2v) is 9.84. The van der Waals surface area contributed by atoms with Gasteiger partial charge in [0.25, 0.3) is 0 Å². The van der Waals surface area contributed by atoms with Crippen LogP contribution in [0, 0.1) is 11.3 Å². The van der Waals surface area contributed by atoms with Gasteiger partial charge in [-0.15, -0.1) is 0 Å². The second-order valence-electron chi connectivity index (χ2n) is 9.40. The van der Waals surface area contributed by atoms with Crippen LogP contribution in [0.4, 0.5) is 0 Å². The summed E-state index contributed by atoms with van der Waals surface area (Å²) in [6.07, 6.45) is 2.34. The van der Waals surface area contributed by atoms with Gasteiger partial charge in [0, 0.05) is 58.1 Å². The van der Waals surface area contributed by atoms with Crippen LogP contribution in [0.15, 0.2) is 71.9 Å². The maximum atomic E-state index is 9.20. The van der Waals surface area contributed by atoms with E-state index in [1.54, 1.807) is 0 Å². The molecule has 2 aromatic carbocycles. The topological polar surface area (TPSA) is 71.6 Å². The number of thiocarbonyl (C=S) groups is 1. The van der Waals surface area contributed by atoms with Crippen LogP contribution in [0.5, 0.6) is 0 Å². The number of nitrogens with one attached hydrogen (secondary N) is 1. The third-order valence-corrected chi connectivity index (χ3v) is 6.92. The SMILES string of the molecule is C/C(=C(\C#N)C(N)=S)N1CCCN(Cc2ccccc2)CC1.c1ccc(CN2CCCNCC2)cc1. The molecular weight excluding hydrogens is 464 g/mol. The molecule has 0 radical (unpaired) electrons. The fourth-order valence-corrected chi connectivity index (χ4v) is 4.87. The molecule has 4 rings (SSSR count). The normalized spacial score (nSPS) is 18.1. The summed E-state index contributed by atoms with van der Waals surface area (Å²) >= 11 is 4.97. The van der Waals surface area contributed by atoms with E-state index in [0.29, 0.717) is 5.57 Å². The van der Waals surface area contributed by atoms with Crippen molar-refractivity contribution in [3.8, 4) is 6.07 Å². The number of nitrogens with zero attached hydrogens (tertiary/aromatic N) is 4. The summed E-state index contributed by atoms with van der Waals surface area (Å²) in [6, 6.07) is 23.4. The molecule has 0 spiro atoms. The van der Waals surface area contributed by atoms with E-state index in [0.717, 1.165) is 57.9 Å². The Morgan fingerprint density at radius 2 is 1.42 bits per heavy atom. The molecule has 0 aromatic heterocycles. The highest BCUT2D eigenvalue weighted by atomic mass is 32.1. The van der Waals surface area contributed by atoms with Gasteiger partial charge in [0.05, 0.1) is 0 Å². The first-order valence-corrected chi connectivity index (χ1v) is 13.4. The lowest BCUT2D eigenvalue weighted by Crippen LogP contribution is -2.31. The summed E-state index contributed by atoms with van der Waals surface area (Å²) in [5.41, 5.74) is 9.74. The molecule has 2 aromatic rings. The van der Waals surface area contributed by atoms with Crippen LogP contribution < -0.4 is 11.1 Å². The van der Waals surface area contributed by atoms with Crippen molar-refractivity contribution >= 4 is 17.2 Å². The third-order valence-electron chi connectivity index (χ3n) is 6.71. The number of rotatable bonds is 6. The fourth-order valence-electron chi connectivity index (χ4n) is 4.68. The Hall–Kier alpha value is -2.76. The molecule has 6 nitrogen and oxygen atoms in total. The van der Waals surface area contributed by atoms with Crippen molar-refractivity contribution in [1.29, 1.82) is 5.26 Å². The molecule has 192 valence electrons. The van der Waals surface area contributed by atoms with Gasteiger partial charge in [0.2, 0.25) is 0 Å². The highest BCUT2D eigenvalue weighted by molar-refractivity contribution is 7.80. The van der Waals surface area contributed by atoms with Crippen molar-refractivity contribution in [3.05, 3.63) is 83.1 Å². The van der Waals surface area contributed by atoms with E-state index in [1.165, 1.54) is 37.2 Å². The van der Waals surface area contributed by atoms with Crippen molar-refractivity contribution in [2.24, 2.45) is 5.73 Å². The number of hydrogen-bond acceptors (Lipinski definition) is 6. The predicted molar refractivity (Wildman–Crippen MR) is 152 cm³/mol. The van der Waals surface area contributed by atoms with E-state index in [-0.39, 0.29) is 4.99 Å². The van der Waals surface area contributed by atoms with E-state index in [4.69, 9.17) is 18.0 Å². The Balaban J connectivity index is 0.000000221. The quantitative estimate of drug-likeness (QED) is 0.353. The Morgan fingerprint density at radius 3 is 2.00 bits per heavy atom. The Labute approximate surface area is 222 Å². The second kappa shape index (κ2) is 15.4. The van der Waals surface area contributed by atoms with Crippen LogP contribution in [0.1, 0.15) is 30.9 Å². The molecule has 0 atom stereocenters. The Bertz CT molecular complexity index is 993. The molecule has 7 heteroatoms. The largest absolute Gasteiger partial charge is 0.389 e. The Kier molecular flexibility index (Phi) is 11.9. The first kappa shape index (κ1) is 27.8. The predicted octanol–water partition coefficient (Wildman–Crippen LogP) is 3.76. The van der Waals surface area contributed by atoms with E-state index in [2.05, 4.69) is 80.7 Å². The summed E-state index contributed by atoms with van der Waals surface area (Å²) in [6.45, 7) is 12.6. The molecule has 2 heterocycles. The molecule has 0 aliphatic carbocycles. The molecule has 2 fully saturated rings. The number of nitriles is 1. The third kappa shape index (κ3) is 9.36. The average molecular weight is 505 g/mol. The van der Waals surface area contributed by atoms with Crippen molar-refractivity contribution in [3.63, 3.8) is 0 Å². The minimum absolute atomic E-state index is 0.186. The number of hydrogen-bond donors (Lipinski definition) is 2. The summed E-state index contributed by atoms with van der Waals surface area (Å²) in [4.78, 5) is 7.39. The van der Waals surface area contributed by atoms with Gasteiger partial charge in [-0.3, -0.25) is 9.80 Å². The van der Waals surface area contributed by atoms with Gasteiger partial charge >= 0.3 is 0 Å². The van der Waals surface area contributed by atoms with E-state index in [1.807, 2.05) is 13.0 Å². The van der Waals surface area contributed by atoms with Crippen molar-refractivity contribution in [2.45, 2.75) is 32.9 Å². The molecular formula is C29H40N6S. The van der Waals surface area contributed by atoms with Gasteiger partial charge in [0.1, 0.15) is 16.6 Å². The molecule has 2 aliphatic rings. The van der Waals surface area contributed by atoms with Crippen LogP contribution in [0.25, 0.3) is 0 Å². The average Bonchev–Trinajstić information content (AvgIpc) is 3.29. The van der Waals surface area contributed by atoms with Gasteiger partial charge in [-0.1, -0.05) is 72.9 Å². The lowest BCUT2D eigenvalue weighted by atomic mass is 10.2. The first-order chi connectivity index (χ1) is 17.6. The standard InChI is InChI=1S/C17H22N4S.C12H18N2/c1-14(16(12-18)17(19)22)21-9-5-8-20(10-11-21)13-15-6-3-2-4-7-15;1-2-5-12(6-3-1)11-14-9-4-7-13-8-10-14/h2-4,6-7H,5,8-11,13H2,1H3,(H2,19,22);1-3,5-6,13H,4,7-11H2/b16-14-;. The zero-order valence-corrected chi connectivity index (χ0v) is 22.3. The molecule has 0 unspecified atom stereocenters. The van der Waals surface area contributed by atoms with Crippen LogP contribution >= 0.6 is 12.2 Å². The highest BCUT2D eigenvalue weighted by Gasteiger charge is 2.18. The minimum Gasteiger partial charge on any atom is -0.389 e. The molecule has 2 saturated heterocycles. The van der Waals surface area contributed by atoms with E-state index >= 15 is 0 Å². The van der Waals surface area contributed by atoms with Crippen LogP contribution in [0.3, 0.4) is 0 Å². The van der Waals surface area contributed by atoms with Crippen LogP contribution in [-0.2, 0) is 13.1 Å². The van der Waals surface area contributed by atoms with Gasteiger partial charge in [-0.05, 0) is 44.0 Å². The molecule has 36 heavy (non-hydrogen) atoms. The maximum Gasteiger partial charge on any atom is 0.116 e. The molecule has 2 aliphatic heterocycles. The van der Waals surface area contributed by atoms with Gasteiger partial charge < -0.3 is 16.0 Å². The molecule has 0 bridgehead atoms. The first-order valence-electron chi connectivity index (χ1n) is 13.0. The van der Waals surface area contributed by atoms with E-state index in [9.17, 15) is 5.26 Å². The minimum atomic E-state index is 0.186. The number of nitrogens with two attached hydrogens (primary N) is 1. The van der Waals surface area contributed by atoms with Gasteiger partial charge in [-0.2, -0.15) is 5.26 Å². The monoisotopic (exact) mass is 504 g/mol. The van der Waals surface area contributed by atoms with Crippen molar-refractivity contribution in [2.75, 3.05) is 52.4 Å². The molecule has 0 saturated carbocycles. The van der Waals surface area contributed by atoms with Crippen LogP contribution in [0.2, 0.25) is 0 Å². The fraction of sp³-hybridized carbons (Fsp3) is 0.448. The number of allylic oxidation sites excluding steroid dienone is 1. The van der Waals surface area contributed by atoms with Crippen LogP contribution in [-0.4, -0.2) is 72.0 Å². The lowest BCUT2D eigenvalue weighted by molar-refractivity contribution is 0.271. The molecule has 0 amide bonds. The summed E-state index contributed by atoms with van der Waals surface area (Å²) in [7, 11) is 0. The summed E-state index contributed by atoms with van der Waals surface area (Å²) in [5.74, 6) is 0. The zero-order chi connectivity index (χ0) is 25.6.